The van der Waals surface area contributed by atoms with E-state index >= 15 is 0 Å². The Kier molecular flexibility index (Phi) is 5.01. The van der Waals surface area contributed by atoms with Gasteiger partial charge in [0.1, 0.15) is 5.82 Å². The van der Waals surface area contributed by atoms with Crippen molar-refractivity contribution in [3.05, 3.63) is 41.8 Å². The molecule has 1 aliphatic rings. The van der Waals surface area contributed by atoms with Crippen LogP contribution in [0, 0.1) is 11.7 Å². The van der Waals surface area contributed by atoms with Crippen LogP contribution in [0.25, 0.3) is 10.9 Å². The van der Waals surface area contributed by atoms with Crippen molar-refractivity contribution in [3.8, 4) is 0 Å². The van der Waals surface area contributed by atoms with Crippen molar-refractivity contribution >= 4 is 10.9 Å². The molecule has 0 amide bonds. The average molecular weight is 301 g/mol. The predicted molar refractivity (Wildman–Crippen MR) is 88.2 cm³/mol. The smallest absolute Gasteiger partial charge is 0.124 e. The van der Waals surface area contributed by atoms with E-state index in [1.807, 2.05) is 19.2 Å². The normalized spacial score (nSPS) is 17.2. The zero-order valence-electron chi connectivity index (χ0n) is 13.2. The van der Waals surface area contributed by atoms with Gasteiger partial charge in [0.25, 0.3) is 0 Å². The molecule has 0 bridgehead atoms. The van der Waals surface area contributed by atoms with E-state index in [9.17, 15) is 4.39 Å². The van der Waals surface area contributed by atoms with Crippen molar-refractivity contribution in [2.45, 2.75) is 25.8 Å². The Morgan fingerprint density at radius 2 is 2.14 bits per heavy atom. The largest absolute Gasteiger partial charge is 0.320 e. The molecule has 22 heavy (non-hydrogen) atoms. The maximum absolute atomic E-state index is 13.8. The standard InChI is InChI=1S/C18H24FN3/c1-20-8-4-14-5-9-22(10-6-14)13-16-12-17(19)11-15-3-2-7-21-18(15)16/h2-3,7,11-12,14,20H,4-6,8-10,13H2,1H3. The highest BCUT2D eigenvalue weighted by molar-refractivity contribution is 5.81. The number of fused-ring (bicyclic) bond motifs is 1. The van der Waals surface area contributed by atoms with Gasteiger partial charge in [-0.2, -0.15) is 0 Å². The maximum Gasteiger partial charge on any atom is 0.124 e. The van der Waals surface area contributed by atoms with Crippen molar-refractivity contribution in [2.24, 2.45) is 5.92 Å². The number of piperidine rings is 1. The van der Waals surface area contributed by atoms with Gasteiger partial charge in [-0.15, -0.1) is 0 Å². The summed E-state index contributed by atoms with van der Waals surface area (Å²) in [4.78, 5) is 6.87. The van der Waals surface area contributed by atoms with Gasteiger partial charge in [-0.3, -0.25) is 9.88 Å². The summed E-state index contributed by atoms with van der Waals surface area (Å²) in [6.07, 6.45) is 5.52. The van der Waals surface area contributed by atoms with Gasteiger partial charge >= 0.3 is 0 Å². The number of hydrogen-bond acceptors (Lipinski definition) is 3. The Morgan fingerprint density at radius 1 is 1.32 bits per heavy atom. The topological polar surface area (TPSA) is 28.2 Å². The van der Waals surface area contributed by atoms with Crippen LogP contribution in [0.5, 0.6) is 0 Å². The third-order valence-electron chi connectivity index (χ3n) is 4.65. The molecule has 1 aliphatic heterocycles. The number of nitrogens with one attached hydrogen (secondary N) is 1. The van der Waals surface area contributed by atoms with Crippen LogP contribution in [-0.4, -0.2) is 36.6 Å². The molecule has 1 aromatic carbocycles. The summed E-state index contributed by atoms with van der Waals surface area (Å²) < 4.78 is 13.8. The number of pyridine rings is 1. The lowest BCUT2D eigenvalue weighted by atomic mass is 9.93. The Labute approximate surface area is 131 Å². The van der Waals surface area contributed by atoms with Gasteiger partial charge in [-0.1, -0.05) is 6.07 Å². The summed E-state index contributed by atoms with van der Waals surface area (Å²) in [5, 5.41) is 4.12. The second kappa shape index (κ2) is 7.16. The van der Waals surface area contributed by atoms with Crippen LogP contribution in [0.3, 0.4) is 0 Å². The van der Waals surface area contributed by atoms with Crippen LogP contribution in [0.1, 0.15) is 24.8 Å². The molecule has 0 radical (unpaired) electrons. The number of nitrogens with zero attached hydrogens (tertiary/aromatic N) is 2. The van der Waals surface area contributed by atoms with Crippen LogP contribution >= 0.6 is 0 Å². The van der Waals surface area contributed by atoms with Gasteiger partial charge in [0.05, 0.1) is 5.52 Å². The zero-order valence-corrected chi connectivity index (χ0v) is 13.2. The van der Waals surface area contributed by atoms with E-state index in [0.29, 0.717) is 0 Å². The highest BCUT2D eigenvalue weighted by atomic mass is 19.1. The van der Waals surface area contributed by atoms with Gasteiger partial charge in [0, 0.05) is 18.1 Å². The molecular weight excluding hydrogens is 277 g/mol. The first-order chi connectivity index (χ1) is 10.8. The maximum atomic E-state index is 13.8. The van der Waals surface area contributed by atoms with Gasteiger partial charge in [0.15, 0.2) is 0 Å². The number of benzene rings is 1. The van der Waals surface area contributed by atoms with Crippen molar-refractivity contribution in [2.75, 3.05) is 26.7 Å². The minimum atomic E-state index is -0.167. The highest BCUT2D eigenvalue weighted by Crippen LogP contribution is 2.24. The molecule has 118 valence electrons. The molecule has 1 N–H and O–H groups in total. The molecule has 3 nitrogen and oxygen atoms in total. The first-order valence-corrected chi connectivity index (χ1v) is 8.16. The zero-order chi connectivity index (χ0) is 15.4. The fraction of sp³-hybridized carbons (Fsp3) is 0.500. The minimum Gasteiger partial charge on any atom is -0.320 e. The fourth-order valence-corrected chi connectivity index (χ4v) is 3.37. The molecule has 0 spiro atoms. The lowest BCUT2D eigenvalue weighted by molar-refractivity contribution is 0.172. The summed E-state index contributed by atoms with van der Waals surface area (Å²) in [7, 11) is 2.01. The Morgan fingerprint density at radius 3 is 2.91 bits per heavy atom. The van der Waals surface area contributed by atoms with Gasteiger partial charge < -0.3 is 5.32 Å². The molecule has 0 saturated carbocycles. The van der Waals surface area contributed by atoms with E-state index in [4.69, 9.17) is 0 Å². The molecule has 1 fully saturated rings. The number of halogens is 1. The van der Waals surface area contributed by atoms with Gasteiger partial charge in [0.2, 0.25) is 0 Å². The molecule has 4 heteroatoms. The minimum absolute atomic E-state index is 0.167. The van der Waals surface area contributed by atoms with Crippen LogP contribution in [-0.2, 0) is 6.54 Å². The molecular formula is C18H24FN3. The molecule has 0 aliphatic carbocycles. The van der Waals surface area contributed by atoms with Crippen LogP contribution in [0.4, 0.5) is 4.39 Å². The predicted octanol–water partition coefficient (Wildman–Crippen LogP) is 3.20. The third-order valence-corrected chi connectivity index (χ3v) is 4.65. The van der Waals surface area contributed by atoms with E-state index in [2.05, 4.69) is 15.2 Å². The van der Waals surface area contributed by atoms with E-state index < -0.39 is 0 Å². The number of likely N-dealkylation sites (tertiary alicyclic amines) is 1. The van der Waals surface area contributed by atoms with E-state index in [1.165, 1.54) is 19.3 Å². The fourth-order valence-electron chi connectivity index (χ4n) is 3.37. The Hall–Kier alpha value is -1.52. The highest BCUT2D eigenvalue weighted by Gasteiger charge is 2.19. The number of rotatable bonds is 5. The first-order valence-electron chi connectivity index (χ1n) is 8.16. The molecule has 1 aromatic heterocycles. The summed E-state index contributed by atoms with van der Waals surface area (Å²) >= 11 is 0. The van der Waals surface area contributed by atoms with Crippen molar-refractivity contribution < 1.29 is 4.39 Å². The SMILES string of the molecule is CNCCC1CCN(Cc2cc(F)cc3cccnc23)CC1. The summed E-state index contributed by atoms with van der Waals surface area (Å²) in [6.45, 7) is 4.09. The van der Waals surface area contributed by atoms with E-state index in [1.54, 1.807) is 18.3 Å². The second-order valence-corrected chi connectivity index (χ2v) is 6.25. The molecule has 2 heterocycles. The van der Waals surface area contributed by atoms with Crippen LogP contribution in [0.2, 0.25) is 0 Å². The first kappa shape index (κ1) is 15.4. The number of hydrogen-bond donors (Lipinski definition) is 1. The molecule has 2 aromatic rings. The summed E-state index contributed by atoms with van der Waals surface area (Å²) in [6, 6.07) is 7.00. The lowest BCUT2D eigenvalue weighted by Crippen LogP contribution is -2.34. The quantitative estimate of drug-likeness (QED) is 0.919. The average Bonchev–Trinajstić information content (AvgIpc) is 2.54. The van der Waals surface area contributed by atoms with Crippen LogP contribution < -0.4 is 5.32 Å². The molecule has 1 saturated heterocycles. The Balaban J connectivity index is 1.67. The Bertz CT molecular complexity index is 621. The second-order valence-electron chi connectivity index (χ2n) is 6.25. The van der Waals surface area contributed by atoms with Crippen molar-refractivity contribution in [1.29, 1.82) is 0 Å². The monoisotopic (exact) mass is 301 g/mol. The molecule has 0 atom stereocenters. The lowest BCUT2D eigenvalue weighted by Gasteiger charge is -2.32. The van der Waals surface area contributed by atoms with Crippen LogP contribution in [0.15, 0.2) is 30.5 Å². The summed E-state index contributed by atoms with van der Waals surface area (Å²) in [5.41, 5.74) is 1.94. The van der Waals surface area contributed by atoms with E-state index in [-0.39, 0.29) is 5.82 Å². The van der Waals surface area contributed by atoms with E-state index in [0.717, 1.165) is 48.6 Å². The van der Waals surface area contributed by atoms with Gasteiger partial charge in [-0.25, -0.2) is 4.39 Å². The third kappa shape index (κ3) is 3.62. The molecule has 0 unspecified atom stereocenters. The van der Waals surface area contributed by atoms with Crippen molar-refractivity contribution in [3.63, 3.8) is 0 Å². The van der Waals surface area contributed by atoms with Crippen molar-refractivity contribution in [1.82, 2.24) is 15.2 Å². The summed E-state index contributed by atoms with van der Waals surface area (Å²) in [5.74, 6) is 0.658. The number of aromatic nitrogens is 1. The molecule has 3 rings (SSSR count). The van der Waals surface area contributed by atoms with Gasteiger partial charge in [-0.05, 0) is 75.6 Å².